The van der Waals surface area contributed by atoms with E-state index >= 15 is 0 Å². The van der Waals surface area contributed by atoms with E-state index in [-0.39, 0.29) is 24.0 Å². The van der Waals surface area contributed by atoms with Gasteiger partial charge in [0.2, 0.25) is 0 Å². The second-order valence-corrected chi connectivity index (χ2v) is 7.06. The highest BCUT2D eigenvalue weighted by molar-refractivity contribution is 14.0. The number of aryl methyl sites for hydroxylation is 2. The number of guanidine groups is 1. The summed E-state index contributed by atoms with van der Waals surface area (Å²) in [5.41, 5.74) is 0. The number of nitrogens with zero attached hydrogens (tertiary/aromatic N) is 4. The fraction of sp³-hybridized carbons (Fsp3) is 0.778. The number of piperidine rings is 1. The maximum Gasteiger partial charge on any atom is 0.191 e. The van der Waals surface area contributed by atoms with Crippen LogP contribution in [0.5, 0.6) is 0 Å². The Labute approximate surface area is 168 Å². The largest absolute Gasteiger partial charge is 0.356 e. The first-order valence-corrected chi connectivity index (χ1v) is 9.45. The number of nitrogens with one attached hydrogen (secondary N) is 2. The second kappa shape index (κ2) is 10.4. The third-order valence-electron chi connectivity index (χ3n) is 5.20. The zero-order chi connectivity index (χ0) is 16.8. The molecule has 2 aliphatic rings. The number of hydrogen-bond acceptors (Lipinski definition) is 3. The lowest BCUT2D eigenvalue weighted by molar-refractivity contribution is 0.197. The van der Waals surface area contributed by atoms with Crippen molar-refractivity contribution < 1.29 is 0 Å². The van der Waals surface area contributed by atoms with Gasteiger partial charge >= 0.3 is 0 Å². The van der Waals surface area contributed by atoms with Crippen LogP contribution in [0.1, 0.15) is 44.3 Å². The molecule has 2 N–H and O–H groups in total. The average molecular weight is 460 g/mol. The quantitative estimate of drug-likeness (QED) is 0.284. The molecule has 25 heavy (non-hydrogen) atoms. The highest BCUT2D eigenvalue weighted by Crippen LogP contribution is 2.29. The molecule has 1 saturated heterocycles. The van der Waals surface area contributed by atoms with Crippen LogP contribution in [0.25, 0.3) is 0 Å². The molecule has 0 aromatic carbocycles. The zero-order valence-electron chi connectivity index (χ0n) is 15.6. The van der Waals surface area contributed by atoms with E-state index in [0.29, 0.717) is 6.04 Å². The summed E-state index contributed by atoms with van der Waals surface area (Å²) < 4.78 is 2.21. The molecule has 0 unspecified atom stereocenters. The van der Waals surface area contributed by atoms with Crippen LogP contribution in [-0.2, 0) is 6.54 Å². The van der Waals surface area contributed by atoms with Gasteiger partial charge in [0.05, 0.1) is 0 Å². The topological polar surface area (TPSA) is 57.5 Å². The summed E-state index contributed by atoms with van der Waals surface area (Å²) in [5, 5.41) is 7.05. The molecule has 2 fully saturated rings. The van der Waals surface area contributed by atoms with Gasteiger partial charge in [0.25, 0.3) is 0 Å². The molecular weight excluding hydrogens is 427 g/mol. The number of hydrogen-bond donors (Lipinski definition) is 2. The first-order chi connectivity index (χ1) is 11.8. The number of halogens is 1. The van der Waals surface area contributed by atoms with Crippen molar-refractivity contribution in [2.45, 2.75) is 64.1 Å². The van der Waals surface area contributed by atoms with E-state index in [1.54, 1.807) is 0 Å². The zero-order valence-corrected chi connectivity index (χ0v) is 17.9. The summed E-state index contributed by atoms with van der Waals surface area (Å²) in [4.78, 5) is 11.3. The Morgan fingerprint density at radius 2 is 2.00 bits per heavy atom. The molecule has 1 aliphatic carbocycles. The summed E-state index contributed by atoms with van der Waals surface area (Å²) in [6.45, 7) is 6.54. The minimum Gasteiger partial charge on any atom is -0.356 e. The Hall–Kier alpha value is -0.830. The van der Waals surface area contributed by atoms with E-state index in [0.717, 1.165) is 43.8 Å². The summed E-state index contributed by atoms with van der Waals surface area (Å²) >= 11 is 0. The van der Waals surface area contributed by atoms with E-state index in [1.807, 2.05) is 13.2 Å². The molecule has 7 heteroatoms. The number of rotatable bonds is 7. The third-order valence-corrected chi connectivity index (χ3v) is 5.20. The van der Waals surface area contributed by atoms with Gasteiger partial charge in [0.15, 0.2) is 5.96 Å². The van der Waals surface area contributed by atoms with Crippen LogP contribution in [0.3, 0.4) is 0 Å². The Kier molecular flexibility index (Phi) is 8.48. The minimum atomic E-state index is 0. The smallest absolute Gasteiger partial charge is 0.191 e. The van der Waals surface area contributed by atoms with E-state index < -0.39 is 0 Å². The first kappa shape index (κ1) is 20.5. The molecule has 1 saturated carbocycles. The van der Waals surface area contributed by atoms with Crippen molar-refractivity contribution in [3.8, 4) is 0 Å². The minimum absolute atomic E-state index is 0. The molecule has 0 atom stereocenters. The number of likely N-dealkylation sites (tertiary alicyclic amines) is 1. The van der Waals surface area contributed by atoms with Crippen LogP contribution in [0.4, 0.5) is 0 Å². The lowest BCUT2D eigenvalue weighted by atomic mass is 10.1. The summed E-state index contributed by atoms with van der Waals surface area (Å²) in [5.74, 6) is 2.05. The van der Waals surface area contributed by atoms with Gasteiger partial charge in [0, 0.05) is 57.7 Å². The van der Waals surface area contributed by atoms with Crippen LogP contribution in [-0.4, -0.2) is 59.2 Å². The summed E-state index contributed by atoms with van der Waals surface area (Å²) in [6.07, 6.45) is 11.5. The van der Waals surface area contributed by atoms with Crippen LogP contribution < -0.4 is 10.6 Å². The molecule has 1 aliphatic heterocycles. The Balaban J connectivity index is 0.00000225. The SMILES string of the molecule is CN=C(NCCCCn1ccnc1C)NC1CCN(C2CC2)CC1.I. The van der Waals surface area contributed by atoms with Gasteiger partial charge in [-0.25, -0.2) is 4.98 Å². The Bertz CT molecular complexity index is 531. The molecular formula is C18H33IN6. The Morgan fingerprint density at radius 1 is 1.24 bits per heavy atom. The maximum absolute atomic E-state index is 4.38. The Morgan fingerprint density at radius 3 is 2.60 bits per heavy atom. The molecule has 1 aromatic rings. The standard InChI is InChI=1S/C18H32N6.HI/c1-15-20-10-14-23(15)11-4-3-9-21-18(19-2)22-16-7-12-24(13-8-16)17-5-6-17;/h10,14,16-17H,3-9,11-13H2,1-2H3,(H2,19,21,22);1H. The predicted octanol–water partition coefficient (Wildman–Crippen LogP) is 2.38. The molecule has 142 valence electrons. The highest BCUT2D eigenvalue weighted by atomic mass is 127. The lowest BCUT2D eigenvalue weighted by Crippen LogP contribution is -2.49. The van der Waals surface area contributed by atoms with Crippen molar-refractivity contribution in [3.63, 3.8) is 0 Å². The normalized spacial score (nSPS) is 19.5. The average Bonchev–Trinajstić information content (AvgIpc) is 3.37. The van der Waals surface area contributed by atoms with Crippen molar-refractivity contribution in [1.82, 2.24) is 25.1 Å². The fourth-order valence-electron chi connectivity index (χ4n) is 3.49. The van der Waals surface area contributed by atoms with E-state index in [2.05, 4.69) is 43.2 Å². The second-order valence-electron chi connectivity index (χ2n) is 7.06. The lowest BCUT2D eigenvalue weighted by Gasteiger charge is -2.33. The molecule has 0 amide bonds. The number of aromatic nitrogens is 2. The van der Waals surface area contributed by atoms with E-state index in [9.17, 15) is 0 Å². The van der Waals surface area contributed by atoms with Crippen molar-refractivity contribution in [2.75, 3.05) is 26.7 Å². The molecule has 2 heterocycles. The fourth-order valence-corrected chi connectivity index (χ4v) is 3.49. The molecule has 6 nitrogen and oxygen atoms in total. The van der Waals surface area contributed by atoms with Crippen LogP contribution >= 0.6 is 24.0 Å². The number of imidazole rings is 1. The van der Waals surface area contributed by atoms with Gasteiger partial charge < -0.3 is 20.1 Å². The van der Waals surface area contributed by atoms with Gasteiger partial charge in [-0.15, -0.1) is 24.0 Å². The molecule has 1 aromatic heterocycles. The number of aliphatic imine (C=N–C) groups is 1. The van der Waals surface area contributed by atoms with Crippen molar-refractivity contribution >= 4 is 29.9 Å². The molecule has 0 spiro atoms. The van der Waals surface area contributed by atoms with Gasteiger partial charge in [-0.05, 0) is 45.4 Å². The maximum atomic E-state index is 4.38. The van der Waals surface area contributed by atoms with Crippen molar-refractivity contribution in [1.29, 1.82) is 0 Å². The van der Waals surface area contributed by atoms with Crippen molar-refractivity contribution in [2.24, 2.45) is 4.99 Å². The van der Waals surface area contributed by atoms with Crippen LogP contribution in [0.15, 0.2) is 17.4 Å². The highest BCUT2D eigenvalue weighted by Gasteiger charge is 2.31. The summed E-state index contributed by atoms with van der Waals surface area (Å²) in [6, 6.07) is 1.47. The monoisotopic (exact) mass is 460 g/mol. The van der Waals surface area contributed by atoms with Crippen LogP contribution in [0.2, 0.25) is 0 Å². The van der Waals surface area contributed by atoms with Gasteiger partial charge in [-0.1, -0.05) is 0 Å². The first-order valence-electron chi connectivity index (χ1n) is 9.45. The summed E-state index contributed by atoms with van der Waals surface area (Å²) in [7, 11) is 1.86. The molecule has 0 radical (unpaired) electrons. The van der Waals surface area contributed by atoms with E-state index in [4.69, 9.17) is 0 Å². The van der Waals surface area contributed by atoms with Gasteiger partial charge in [-0.3, -0.25) is 4.99 Å². The van der Waals surface area contributed by atoms with Gasteiger partial charge in [0.1, 0.15) is 5.82 Å². The van der Waals surface area contributed by atoms with Crippen molar-refractivity contribution in [3.05, 3.63) is 18.2 Å². The number of unbranched alkanes of at least 4 members (excludes halogenated alkanes) is 1. The molecule has 0 bridgehead atoms. The van der Waals surface area contributed by atoms with Gasteiger partial charge in [-0.2, -0.15) is 0 Å². The molecule has 3 rings (SSSR count). The predicted molar refractivity (Wildman–Crippen MR) is 114 cm³/mol. The van der Waals surface area contributed by atoms with Crippen LogP contribution in [0, 0.1) is 6.92 Å². The van der Waals surface area contributed by atoms with E-state index in [1.165, 1.54) is 38.8 Å². The third kappa shape index (κ3) is 6.44.